The summed E-state index contributed by atoms with van der Waals surface area (Å²) >= 11 is 0. The number of rotatable bonds is 4. The zero-order valence-corrected chi connectivity index (χ0v) is 16.7. The first-order chi connectivity index (χ1) is 13.6. The van der Waals surface area contributed by atoms with Crippen molar-refractivity contribution >= 4 is 23.2 Å². The van der Waals surface area contributed by atoms with Gasteiger partial charge in [-0.3, -0.25) is 4.79 Å². The van der Waals surface area contributed by atoms with Crippen LogP contribution < -0.4 is 14.7 Å². The molecule has 1 aromatic carbocycles. The molecule has 2 aliphatic rings. The number of carbonyl (C=O) groups excluding carboxylic acids is 1. The molecular weight excluding hydrogens is 352 g/mol. The highest BCUT2D eigenvalue weighted by Crippen LogP contribution is 2.20. The molecule has 7 heteroatoms. The van der Waals surface area contributed by atoms with Crippen LogP contribution >= 0.6 is 0 Å². The minimum Gasteiger partial charge on any atom is -0.378 e. The van der Waals surface area contributed by atoms with E-state index >= 15 is 0 Å². The summed E-state index contributed by atoms with van der Waals surface area (Å²) in [5, 5.41) is 8.84. The van der Waals surface area contributed by atoms with Gasteiger partial charge in [0.2, 0.25) is 0 Å². The lowest BCUT2D eigenvalue weighted by Crippen LogP contribution is -2.49. The molecule has 0 spiro atoms. The average molecular weight is 380 g/mol. The summed E-state index contributed by atoms with van der Waals surface area (Å²) < 4.78 is 0. The van der Waals surface area contributed by atoms with E-state index in [2.05, 4.69) is 32.1 Å². The Morgan fingerprint density at radius 2 is 1.32 bits per heavy atom. The SMILES string of the molecule is CN(C)c1ccc(C(=O)N2CCN(c3ccc(N4CCCC4)nn3)CC2)cc1. The van der Waals surface area contributed by atoms with Crippen LogP contribution in [0.4, 0.5) is 17.3 Å². The van der Waals surface area contributed by atoms with Crippen molar-refractivity contribution in [2.75, 3.05) is 68.1 Å². The Hall–Kier alpha value is -2.83. The molecule has 7 nitrogen and oxygen atoms in total. The largest absolute Gasteiger partial charge is 0.378 e. The summed E-state index contributed by atoms with van der Waals surface area (Å²) in [6, 6.07) is 11.9. The summed E-state index contributed by atoms with van der Waals surface area (Å²) in [7, 11) is 3.99. The van der Waals surface area contributed by atoms with E-state index in [0.717, 1.165) is 49.1 Å². The van der Waals surface area contributed by atoms with E-state index in [1.165, 1.54) is 12.8 Å². The second kappa shape index (κ2) is 8.04. The van der Waals surface area contributed by atoms with Gasteiger partial charge in [0.25, 0.3) is 5.91 Å². The molecule has 2 aromatic rings. The molecule has 0 unspecified atom stereocenters. The molecule has 0 N–H and O–H groups in total. The molecule has 28 heavy (non-hydrogen) atoms. The maximum Gasteiger partial charge on any atom is 0.253 e. The molecule has 2 saturated heterocycles. The van der Waals surface area contributed by atoms with Crippen LogP contribution in [0.2, 0.25) is 0 Å². The third-order valence-electron chi connectivity index (χ3n) is 5.59. The first kappa shape index (κ1) is 18.5. The van der Waals surface area contributed by atoms with Crippen LogP contribution in [0.15, 0.2) is 36.4 Å². The standard InChI is InChI=1S/C21H28N6O/c1-24(2)18-7-5-17(6-8-18)21(28)27-15-13-26(14-16-27)20-10-9-19(22-23-20)25-11-3-4-12-25/h5-10H,3-4,11-16H2,1-2H3. The highest BCUT2D eigenvalue weighted by molar-refractivity contribution is 5.94. The molecule has 4 rings (SSSR count). The molecule has 3 heterocycles. The number of benzene rings is 1. The molecular formula is C21H28N6O. The molecule has 1 aromatic heterocycles. The van der Waals surface area contributed by atoms with Gasteiger partial charge in [0.05, 0.1) is 0 Å². The minimum atomic E-state index is 0.0976. The van der Waals surface area contributed by atoms with E-state index in [-0.39, 0.29) is 5.91 Å². The zero-order valence-electron chi connectivity index (χ0n) is 16.7. The van der Waals surface area contributed by atoms with Crippen LogP contribution in [0.3, 0.4) is 0 Å². The van der Waals surface area contributed by atoms with Gasteiger partial charge in [-0.05, 0) is 49.2 Å². The van der Waals surface area contributed by atoms with Crippen molar-refractivity contribution in [3.8, 4) is 0 Å². The highest BCUT2D eigenvalue weighted by Gasteiger charge is 2.23. The Kier molecular flexibility index (Phi) is 5.32. The topological polar surface area (TPSA) is 55.8 Å². The van der Waals surface area contributed by atoms with Gasteiger partial charge in [0.15, 0.2) is 11.6 Å². The van der Waals surface area contributed by atoms with Crippen molar-refractivity contribution in [2.24, 2.45) is 0 Å². The predicted octanol–water partition coefficient (Wildman–Crippen LogP) is 2.11. The van der Waals surface area contributed by atoms with Crippen molar-refractivity contribution in [3.05, 3.63) is 42.0 Å². The summed E-state index contributed by atoms with van der Waals surface area (Å²) in [5.74, 6) is 1.96. The summed E-state index contributed by atoms with van der Waals surface area (Å²) in [6.07, 6.45) is 2.47. The molecule has 0 saturated carbocycles. The van der Waals surface area contributed by atoms with Crippen LogP contribution in [0.1, 0.15) is 23.2 Å². The van der Waals surface area contributed by atoms with Crippen LogP contribution in [0.5, 0.6) is 0 Å². The lowest BCUT2D eigenvalue weighted by molar-refractivity contribution is 0.0746. The predicted molar refractivity (Wildman–Crippen MR) is 112 cm³/mol. The van der Waals surface area contributed by atoms with Crippen LogP contribution in [-0.2, 0) is 0 Å². The van der Waals surface area contributed by atoms with Gasteiger partial charge in [-0.1, -0.05) is 0 Å². The number of carbonyl (C=O) groups is 1. The van der Waals surface area contributed by atoms with Crippen molar-refractivity contribution in [3.63, 3.8) is 0 Å². The number of amides is 1. The van der Waals surface area contributed by atoms with Gasteiger partial charge in [-0.2, -0.15) is 0 Å². The van der Waals surface area contributed by atoms with E-state index in [9.17, 15) is 4.79 Å². The molecule has 0 bridgehead atoms. The Morgan fingerprint density at radius 1 is 0.786 bits per heavy atom. The number of nitrogens with zero attached hydrogens (tertiary/aromatic N) is 6. The number of hydrogen-bond donors (Lipinski definition) is 0. The van der Waals surface area contributed by atoms with E-state index in [1.807, 2.05) is 48.2 Å². The summed E-state index contributed by atoms with van der Waals surface area (Å²) in [6.45, 7) is 5.10. The maximum absolute atomic E-state index is 12.8. The van der Waals surface area contributed by atoms with E-state index in [0.29, 0.717) is 13.1 Å². The van der Waals surface area contributed by atoms with Crippen molar-refractivity contribution < 1.29 is 4.79 Å². The number of anilines is 3. The fourth-order valence-electron chi connectivity index (χ4n) is 3.83. The molecule has 148 valence electrons. The summed E-state index contributed by atoms with van der Waals surface area (Å²) in [4.78, 5) is 21.2. The Labute approximate surface area is 166 Å². The number of piperazine rings is 1. The number of hydrogen-bond acceptors (Lipinski definition) is 6. The van der Waals surface area contributed by atoms with Gasteiger partial charge < -0.3 is 19.6 Å². The first-order valence-electron chi connectivity index (χ1n) is 10.0. The van der Waals surface area contributed by atoms with Crippen molar-refractivity contribution in [1.29, 1.82) is 0 Å². The fourth-order valence-corrected chi connectivity index (χ4v) is 3.83. The molecule has 1 amide bonds. The maximum atomic E-state index is 12.8. The van der Waals surface area contributed by atoms with Gasteiger partial charge >= 0.3 is 0 Å². The van der Waals surface area contributed by atoms with Crippen LogP contribution in [0, 0.1) is 0 Å². The molecule has 2 fully saturated rings. The Morgan fingerprint density at radius 3 is 1.82 bits per heavy atom. The minimum absolute atomic E-state index is 0.0976. The second-order valence-corrected chi connectivity index (χ2v) is 7.66. The van der Waals surface area contributed by atoms with Gasteiger partial charge in [0.1, 0.15) is 0 Å². The third-order valence-corrected chi connectivity index (χ3v) is 5.59. The van der Waals surface area contributed by atoms with E-state index in [1.54, 1.807) is 0 Å². The number of aromatic nitrogens is 2. The first-order valence-corrected chi connectivity index (χ1v) is 10.0. The van der Waals surface area contributed by atoms with Gasteiger partial charge in [-0.15, -0.1) is 10.2 Å². The fraction of sp³-hybridized carbons (Fsp3) is 0.476. The average Bonchev–Trinajstić information content (AvgIpc) is 3.28. The van der Waals surface area contributed by atoms with Gasteiger partial charge in [-0.25, -0.2) is 0 Å². The lowest BCUT2D eigenvalue weighted by atomic mass is 10.1. The van der Waals surface area contributed by atoms with Crippen LogP contribution in [0.25, 0.3) is 0 Å². The van der Waals surface area contributed by atoms with Crippen LogP contribution in [-0.4, -0.2) is 74.4 Å². The smallest absolute Gasteiger partial charge is 0.253 e. The van der Waals surface area contributed by atoms with Gasteiger partial charge in [0, 0.05) is 64.6 Å². The third kappa shape index (κ3) is 3.88. The molecule has 0 aliphatic carbocycles. The highest BCUT2D eigenvalue weighted by atomic mass is 16.2. The second-order valence-electron chi connectivity index (χ2n) is 7.66. The van der Waals surface area contributed by atoms with Crippen molar-refractivity contribution in [1.82, 2.24) is 15.1 Å². The monoisotopic (exact) mass is 380 g/mol. The van der Waals surface area contributed by atoms with Crippen molar-refractivity contribution in [2.45, 2.75) is 12.8 Å². The van der Waals surface area contributed by atoms with E-state index < -0.39 is 0 Å². The molecule has 0 atom stereocenters. The quantitative estimate of drug-likeness (QED) is 0.810. The Balaban J connectivity index is 1.34. The lowest BCUT2D eigenvalue weighted by Gasteiger charge is -2.35. The molecule has 0 radical (unpaired) electrons. The Bertz CT molecular complexity index is 791. The molecule has 2 aliphatic heterocycles. The van der Waals surface area contributed by atoms with E-state index in [4.69, 9.17) is 0 Å². The normalized spacial score (nSPS) is 17.1. The zero-order chi connectivity index (χ0) is 19.5. The summed E-state index contributed by atoms with van der Waals surface area (Å²) in [5.41, 5.74) is 1.84.